The summed E-state index contributed by atoms with van der Waals surface area (Å²) in [5.74, 6) is -0.215. The third kappa shape index (κ3) is 5.70. The van der Waals surface area contributed by atoms with E-state index in [1.54, 1.807) is 11.3 Å². The molecule has 3 aliphatic rings. The Labute approximate surface area is 213 Å². The lowest BCUT2D eigenvalue weighted by molar-refractivity contribution is -0.186. The molecule has 4 N–H and O–H groups in total. The van der Waals surface area contributed by atoms with Gasteiger partial charge in [-0.05, 0) is 67.2 Å². The first-order valence-electron chi connectivity index (χ1n) is 13.3. The first-order chi connectivity index (χ1) is 16.8. The molecule has 0 saturated heterocycles. The third-order valence-corrected chi connectivity index (χ3v) is 10.2. The van der Waals surface area contributed by atoms with Crippen LogP contribution in [0, 0.1) is 22.7 Å². The van der Waals surface area contributed by atoms with E-state index in [0.29, 0.717) is 19.4 Å². The Morgan fingerprint density at radius 3 is 2.60 bits per heavy atom. The van der Waals surface area contributed by atoms with E-state index in [1.807, 2.05) is 24.4 Å². The molecule has 6 unspecified atom stereocenters. The van der Waals surface area contributed by atoms with Crippen molar-refractivity contribution in [3.05, 3.63) is 22.4 Å². The third-order valence-electron chi connectivity index (χ3n) is 9.30. The summed E-state index contributed by atoms with van der Waals surface area (Å²) < 4.78 is 5.97. The van der Waals surface area contributed by atoms with Gasteiger partial charge in [-0.25, -0.2) is 4.79 Å². The number of aliphatic hydroxyl groups excluding tert-OH is 2. The first-order valence-corrected chi connectivity index (χ1v) is 14.2. The van der Waals surface area contributed by atoms with Crippen LogP contribution in [0.4, 0.5) is 4.79 Å². The molecule has 0 bridgehead atoms. The molecule has 1 aromatic rings. The monoisotopic (exact) mass is 506 g/mol. The van der Waals surface area contributed by atoms with E-state index in [1.165, 1.54) is 6.42 Å². The van der Waals surface area contributed by atoms with Crippen LogP contribution < -0.4 is 10.6 Å². The van der Waals surface area contributed by atoms with Crippen molar-refractivity contribution in [2.75, 3.05) is 6.61 Å². The SMILES string of the molecule is CC1(CO)C(OC(=O)NC2CCCCC2)CCC2(C)C(CC(=O)NCc3cccs3)C(O)CCC12. The van der Waals surface area contributed by atoms with Gasteiger partial charge in [0.1, 0.15) is 6.10 Å². The molecule has 1 heterocycles. The van der Waals surface area contributed by atoms with Crippen LogP contribution in [0.3, 0.4) is 0 Å². The molecule has 8 heteroatoms. The van der Waals surface area contributed by atoms with Crippen LogP contribution in [0.15, 0.2) is 17.5 Å². The Balaban J connectivity index is 1.43. The molecule has 7 nitrogen and oxygen atoms in total. The average molecular weight is 507 g/mol. The standard InChI is InChI=1S/C27H42N2O5S/c1-26-13-12-23(34-25(33)29-18-7-4-3-5-8-18)27(2,17-30)22(26)11-10-21(31)20(26)15-24(32)28-16-19-9-6-14-35-19/h6,9,14,18,20-23,30-31H,3-5,7-8,10-13,15-17H2,1-2H3,(H,28,32)(H,29,33). The van der Waals surface area contributed by atoms with E-state index in [4.69, 9.17) is 4.74 Å². The summed E-state index contributed by atoms with van der Waals surface area (Å²) in [5.41, 5.74) is -0.947. The summed E-state index contributed by atoms with van der Waals surface area (Å²) in [6.45, 7) is 4.57. The molecular formula is C27H42N2O5S. The van der Waals surface area contributed by atoms with Gasteiger partial charge in [-0.2, -0.15) is 0 Å². The molecule has 0 aromatic carbocycles. The van der Waals surface area contributed by atoms with Gasteiger partial charge >= 0.3 is 6.09 Å². The highest BCUT2D eigenvalue weighted by molar-refractivity contribution is 7.09. The molecule has 35 heavy (non-hydrogen) atoms. The van der Waals surface area contributed by atoms with Crippen LogP contribution in [-0.4, -0.2) is 47.1 Å². The Kier molecular flexibility index (Phi) is 8.44. The number of amides is 2. The minimum Gasteiger partial charge on any atom is -0.446 e. The molecule has 0 spiro atoms. The lowest BCUT2D eigenvalue weighted by Crippen LogP contribution is -2.61. The van der Waals surface area contributed by atoms with E-state index in [9.17, 15) is 19.8 Å². The molecule has 6 atom stereocenters. The maximum Gasteiger partial charge on any atom is 0.407 e. The normalized spacial score (nSPS) is 35.7. The van der Waals surface area contributed by atoms with Gasteiger partial charge in [0.2, 0.25) is 5.91 Å². The number of rotatable bonds is 7. The van der Waals surface area contributed by atoms with Gasteiger partial charge in [-0.3, -0.25) is 4.79 Å². The van der Waals surface area contributed by atoms with Crippen molar-refractivity contribution in [1.82, 2.24) is 10.6 Å². The summed E-state index contributed by atoms with van der Waals surface area (Å²) in [6.07, 6.45) is 7.08. The number of carbonyl (C=O) groups excluding carboxylic acids is 2. The molecule has 3 aliphatic carbocycles. The van der Waals surface area contributed by atoms with E-state index in [2.05, 4.69) is 17.6 Å². The topological polar surface area (TPSA) is 108 Å². The van der Waals surface area contributed by atoms with Crippen molar-refractivity contribution in [3.8, 4) is 0 Å². The lowest BCUT2D eigenvalue weighted by Gasteiger charge is -2.60. The number of thiophene rings is 1. The van der Waals surface area contributed by atoms with Crippen molar-refractivity contribution in [3.63, 3.8) is 0 Å². The Morgan fingerprint density at radius 2 is 1.91 bits per heavy atom. The predicted octanol–water partition coefficient (Wildman–Crippen LogP) is 4.37. The van der Waals surface area contributed by atoms with Crippen LogP contribution in [0.5, 0.6) is 0 Å². The van der Waals surface area contributed by atoms with Crippen LogP contribution in [0.2, 0.25) is 0 Å². The highest BCUT2D eigenvalue weighted by atomic mass is 32.1. The molecular weight excluding hydrogens is 464 g/mol. The highest BCUT2D eigenvalue weighted by Gasteiger charge is 2.60. The van der Waals surface area contributed by atoms with Gasteiger partial charge < -0.3 is 25.6 Å². The molecule has 1 aromatic heterocycles. The lowest BCUT2D eigenvalue weighted by atomic mass is 9.46. The molecule has 0 aliphatic heterocycles. The van der Waals surface area contributed by atoms with Crippen LogP contribution in [0.25, 0.3) is 0 Å². The van der Waals surface area contributed by atoms with Crippen molar-refractivity contribution in [1.29, 1.82) is 0 Å². The number of fused-ring (bicyclic) bond motifs is 1. The van der Waals surface area contributed by atoms with Gasteiger partial charge in [0.15, 0.2) is 0 Å². The molecule has 4 rings (SSSR count). The Hall–Kier alpha value is -1.64. The number of aliphatic hydroxyl groups is 2. The van der Waals surface area contributed by atoms with Gasteiger partial charge in [-0.1, -0.05) is 39.2 Å². The number of hydrogen-bond donors (Lipinski definition) is 4. The fourth-order valence-corrected chi connectivity index (χ4v) is 7.87. The van der Waals surface area contributed by atoms with Crippen molar-refractivity contribution < 1.29 is 24.5 Å². The fourth-order valence-electron chi connectivity index (χ4n) is 7.23. The van der Waals surface area contributed by atoms with Crippen molar-refractivity contribution >= 4 is 23.3 Å². The van der Waals surface area contributed by atoms with E-state index in [-0.39, 0.29) is 48.3 Å². The van der Waals surface area contributed by atoms with Crippen LogP contribution in [0.1, 0.15) is 82.9 Å². The Morgan fingerprint density at radius 1 is 1.14 bits per heavy atom. The molecule has 196 valence electrons. The summed E-state index contributed by atoms with van der Waals surface area (Å²) in [7, 11) is 0. The second kappa shape index (κ2) is 11.2. The maximum atomic E-state index is 12.9. The zero-order valence-corrected chi connectivity index (χ0v) is 21.9. The largest absolute Gasteiger partial charge is 0.446 e. The number of alkyl carbamates (subject to hydrolysis) is 1. The highest BCUT2D eigenvalue weighted by Crippen LogP contribution is 2.61. The summed E-state index contributed by atoms with van der Waals surface area (Å²) in [5, 5.41) is 29.6. The molecule has 0 radical (unpaired) electrons. The predicted molar refractivity (Wildman–Crippen MR) is 136 cm³/mol. The smallest absolute Gasteiger partial charge is 0.407 e. The summed E-state index contributed by atoms with van der Waals surface area (Å²) >= 11 is 1.61. The number of hydrogen-bond acceptors (Lipinski definition) is 6. The van der Waals surface area contributed by atoms with Gasteiger partial charge in [0.05, 0.1) is 19.3 Å². The number of carbonyl (C=O) groups is 2. The summed E-state index contributed by atoms with van der Waals surface area (Å²) in [6, 6.07) is 4.14. The first kappa shape index (κ1) is 26.4. The van der Waals surface area contributed by atoms with Crippen LogP contribution in [-0.2, 0) is 16.1 Å². The van der Waals surface area contributed by atoms with Crippen molar-refractivity contribution in [2.45, 2.75) is 103 Å². The maximum absolute atomic E-state index is 12.9. The molecule has 3 saturated carbocycles. The van der Waals surface area contributed by atoms with E-state index in [0.717, 1.165) is 43.4 Å². The zero-order valence-electron chi connectivity index (χ0n) is 21.1. The molecule has 3 fully saturated rings. The second-order valence-corrected chi connectivity index (χ2v) is 12.5. The number of ether oxygens (including phenoxy) is 1. The fraction of sp³-hybridized carbons (Fsp3) is 0.778. The second-order valence-electron chi connectivity index (χ2n) is 11.4. The minimum atomic E-state index is -0.622. The summed E-state index contributed by atoms with van der Waals surface area (Å²) in [4.78, 5) is 26.7. The minimum absolute atomic E-state index is 0.0414. The molecule has 2 amide bonds. The van der Waals surface area contributed by atoms with Gasteiger partial charge in [-0.15, -0.1) is 11.3 Å². The zero-order chi connectivity index (χ0) is 25.1. The van der Waals surface area contributed by atoms with E-state index < -0.39 is 17.6 Å². The van der Waals surface area contributed by atoms with Gasteiger partial charge in [0, 0.05) is 22.8 Å². The number of nitrogens with one attached hydrogen (secondary N) is 2. The van der Waals surface area contributed by atoms with Crippen molar-refractivity contribution in [2.24, 2.45) is 22.7 Å². The van der Waals surface area contributed by atoms with E-state index >= 15 is 0 Å². The van der Waals surface area contributed by atoms with Crippen LogP contribution >= 0.6 is 11.3 Å². The Bertz CT molecular complexity index is 858. The quantitative estimate of drug-likeness (QED) is 0.439. The average Bonchev–Trinajstić information content (AvgIpc) is 3.36. The van der Waals surface area contributed by atoms with Gasteiger partial charge in [0.25, 0.3) is 0 Å².